The van der Waals surface area contributed by atoms with Gasteiger partial charge >= 0.3 is 6.18 Å². The van der Waals surface area contributed by atoms with Crippen LogP contribution in [-0.2, 0) is 0 Å². The standard InChI is InChI=1S/C11H12F4O/c1-7(2)8-3-4-10(9(12)5-8)16-6-11(13,14)15/h3-5,7H,6H2,1-2H3. The average molecular weight is 236 g/mol. The maximum absolute atomic E-state index is 13.3. The van der Waals surface area contributed by atoms with Gasteiger partial charge in [0.15, 0.2) is 18.2 Å². The second-order valence-corrected chi connectivity index (χ2v) is 3.75. The van der Waals surface area contributed by atoms with Gasteiger partial charge < -0.3 is 4.74 Å². The van der Waals surface area contributed by atoms with E-state index in [9.17, 15) is 17.6 Å². The van der Waals surface area contributed by atoms with Crippen molar-refractivity contribution in [3.05, 3.63) is 29.6 Å². The average Bonchev–Trinajstić information content (AvgIpc) is 2.14. The fourth-order valence-electron chi connectivity index (χ4n) is 1.15. The van der Waals surface area contributed by atoms with Gasteiger partial charge in [0.25, 0.3) is 0 Å². The molecular weight excluding hydrogens is 224 g/mol. The molecule has 0 saturated carbocycles. The Morgan fingerprint density at radius 1 is 1.25 bits per heavy atom. The summed E-state index contributed by atoms with van der Waals surface area (Å²) in [5, 5.41) is 0. The Hall–Kier alpha value is -1.26. The van der Waals surface area contributed by atoms with Crippen LogP contribution in [0.15, 0.2) is 18.2 Å². The summed E-state index contributed by atoms with van der Waals surface area (Å²) in [5.41, 5.74) is 0.719. The second kappa shape index (κ2) is 4.72. The number of ether oxygens (including phenoxy) is 1. The zero-order valence-electron chi connectivity index (χ0n) is 8.94. The van der Waals surface area contributed by atoms with Gasteiger partial charge in [0, 0.05) is 0 Å². The predicted molar refractivity (Wildman–Crippen MR) is 52.0 cm³/mol. The van der Waals surface area contributed by atoms with E-state index in [1.54, 1.807) is 6.07 Å². The fourth-order valence-corrected chi connectivity index (χ4v) is 1.15. The van der Waals surface area contributed by atoms with Crippen molar-refractivity contribution >= 4 is 0 Å². The monoisotopic (exact) mass is 236 g/mol. The Bertz CT molecular complexity index is 357. The van der Waals surface area contributed by atoms with Crippen LogP contribution in [0.25, 0.3) is 0 Å². The van der Waals surface area contributed by atoms with Crippen LogP contribution in [0.1, 0.15) is 25.3 Å². The van der Waals surface area contributed by atoms with E-state index in [2.05, 4.69) is 4.74 Å². The summed E-state index contributed by atoms with van der Waals surface area (Å²) in [5.74, 6) is -1.02. The van der Waals surface area contributed by atoms with Gasteiger partial charge in [-0.2, -0.15) is 13.2 Å². The number of hydrogen-bond acceptors (Lipinski definition) is 1. The normalized spacial score (nSPS) is 11.9. The Kier molecular flexibility index (Phi) is 3.78. The molecule has 0 bridgehead atoms. The number of halogens is 4. The van der Waals surface area contributed by atoms with Gasteiger partial charge in [0.2, 0.25) is 0 Å². The molecule has 1 rings (SSSR count). The van der Waals surface area contributed by atoms with E-state index < -0.39 is 18.6 Å². The summed E-state index contributed by atoms with van der Waals surface area (Å²) in [7, 11) is 0. The maximum atomic E-state index is 13.3. The molecule has 0 atom stereocenters. The lowest BCUT2D eigenvalue weighted by molar-refractivity contribution is -0.153. The van der Waals surface area contributed by atoms with Crippen LogP contribution in [0.3, 0.4) is 0 Å². The molecule has 1 aromatic carbocycles. The summed E-state index contributed by atoms with van der Waals surface area (Å²) in [6, 6.07) is 3.96. The molecule has 0 aromatic heterocycles. The zero-order valence-corrected chi connectivity index (χ0v) is 8.94. The van der Waals surface area contributed by atoms with Crippen molar-refractivity contribution < 1.29 is 22.3 Å². The summed E-state index contributed by atoms with van der Waals surface area (Å²) in [6.45, 7) is 2.25. The topological polar surface area (TPSA) is 9.23 Å². The smallest absolute Gasteiger partial charge is 0.422 e. The van der Waals surface area contributed by atoms with Gasteiger partial charge in [-0.05, 0) is 23.6 Å². The third-order valence-electron chi connectivity index (χ3n) is 2.01. The first-order valence-corrected chi connectivity index (χ1v) is 4.78. The van der Waals surface area contributed by atoms with Crippen molar-refractivity contribution in [2.75, 3.05) is 6.61 Å². The van der Waals surface area contributed by atoms with E-state index in [0.29, 0.717) is 0 Å². The number of hydrogen-bond donors (Lipinski definition) is 0. The molecule has 5 heteroatoms. The van der Waals surface area contributed by atoms with Gasteiger partial charge in [-0.1, -0.05) is 19.9 Å². The fraction of sp³-hybridized carbons (Fsp3) is 0.455. The highest BCUT2D eigenvalue weighted by molar-refractivity contribution is 5.30. The molecule has 90 valence electrons. The van der Waals surface area contributed by atoms with E-state index in [-0.39, 0.29) is 11.7 Å². The van der Waals surface area contributed by atoms with Crippen molar-refractivity contribution in [1.82, 2.24) is 0 Å². The first kappa shape index (κ1) is 12.8. The van der Waals surface area contributed by atoms with Crippen molar-refractivity contribution in [1.29, 1.82) is 0 Å². The molecule has 0 amide bonds. The molecule has 0 spiro atoms. The zero-order chi connectivity index (χ0) is 12.3. The Balaban J connectivity index is 2.76. The summed E-state index contributed by atoms with van der Waals surface area (Å²) in [6.07, 6.45) is -4.46. The number of rotatable bonds is 3. The lowest BCUT2D eigenvalue weighted by Crippen LogP contribution is -2.19. The molecule has 0 aliphatic carbocycles. The van der Waals surface area contributed by atoms with Gasteiger partial charge in [-0.3, -0.25) is 0 Å². The lowest BCUT2D eigenvalue weighted by Gasteiger charge is -2.11. The SMILES string of the molecule is CC(C)c1ccc(OCC(F)(F)F)c(F)c1. The molecule has 0 radical (unpaired) electrons. The van der Waals surface area contributed by atoms with E-state index in [0.717, 1.165) is 5.56 Å². The number of alkyl halides is 3. The lowest BCUT2D eigenvalue weighted by atomic mass is 10.0. The molecule has 0 unspecified atom stereocenters. The van der Waals surface area contributed by atoms with Crippen LogP contribution in [0.5, 0.6) is 5.75 Å². The van der Waals surface area contributed by atoms with Crippen LogP contribution in [0.4, 0.5) is 17.6 Å². The minimum absolute atomic E-state index is 0.117. The molecule has 16 heavy (non-hydrogen) atoms. The molecule has 0 aliphatic rings. The van der Waals surface area contributed by atoms with E-state index >= 15 is 0 Å². The quantitative estimate of drug-likeness (QED) is 0.723. The number of benzene rings is 1. The van der Waals surface area contributed by atoms with Crippen LogP contribution in [0, 0.1) is 5.82 Å². The first-order chi connectivity index (χ1) is 7.29. The van der Waals surface area contributed by atoms with E-state index in [4.69, 9.17) is 0 Å². The Labute approximate surface area is 91.0 Å². The largest absolute Gasteiger partial charge is 0.481 e. The molecule has 0 N–H and O–H groups in total. The highest BCUT2D eigenvalue weighted by atomic mass is 19.4. The van der Waals surface area contributed by atoms with Crippen LogP contribution in [-0.4, -0.2) is 12.8 Å². The highest BCUT2D eigenvalue weighted by Gasteiger charge is 2.28. The first-order valence-electron chi connectivity index (χ1n) is 4.78. The van der Waals surface area contributed by atoms with Crippen molar-refractivity contribution in [2.24, 2.45) is 0 Å². The second-order valence-electron chi connectivity index (χ2n) is 3.75. The molecular formula is C11H12F4O. The molecule has 0 aliphatic heterocycles. The predicted octanol–water partition coefficient (Wildman–Crippen LogP) is 3.89. The van der Waals surface area contributed by atoms with Crippen molar-refractivity contribution in [2.45, 2.75) is 25.9 Å². The molecule has 0 saturated heterocycles. The minimum atomic E-state index is -4.46. The molecule has 0 heterocycles. The van der Waals surface area contributed by atoms with Gasteiger partial charge in [0.05, 0.1) is 0 Å². The molecule has 0 fully saturated rings. The maximum Gasteiger partial charge on any atom is 0.422 e. The molecule has 1 nitrogen and oxygen atoms in total. The minimum Gasteiger partial charge on any atom is -0.481 e. The van der Waals surface area contributed by atoms with E-state index in [1.807, 2.05) is 13.8 Å². The van der Waals surface area contributed by atoms with Gasteiger partial charge in [-0.25, -0.2) is 4.39 Å². The summed E-state index contributed by atoms with van der Waals surface area (Å²) < 4.78 is 53.1. The highest BCUT2D eigenvalue weighted by Crippen LogP contribution is 2.24. The van der Waals surface area contributed by atoms with Crippen LogP contribution in [0.2, 0.25) is 0 Å². The van der Waals surface area contributed by atoms with Gasteiger partial charge in [0.1, 0.15) is 0 Å². The summed E-state index contributed by atoms with van der Waals surface area (Å²) >= 11 is 0. The van der Waals surface area contributed by atoms with Crippen LogP contribution < -0.4 is 4.74 Å². The van der Waals surface area contributed by atoms with Crippen LogP contribution >= 0.6 is 0 Å². The summed E-state index contributed by atoms with van der Waals surface area (Å²) in [4.78, 5) is 0. The van der Waals surface area contributed by atoms with E-state index in [1.165, 1.54) is 12.1 Å². The van der Waals surface area contributed by atoms with Crippen molar-refractivity contribution in [3.63, 3.8) is 0 Å². The Morgan fingerprint density at radius 2 is 1.88 bits per heavy atom. The third kappa shape index (κ3) is 3.72. The Morgan fingerprint density at radius 3 is 2.31 bits per heavy atom. The van der Waals surface area contributed by atoms with Crippen molar-refractivity contribution in [3.8, 4) is 5.75 Å². The third-order valence-corrected chi connectivity index (χ3v) is 2.01. The van der Waals surface area contributed by atoms with Gasteiger partial charge in [-0.15, -0.1) is 0 Å². The molecule has 1 aromatic rings.